The van der Waals surface area contributed by atoms with E-state index in [2.05, 4.69) is 35.5 Å². The summed E-state index contributed by atoms with van der Waals surface area (Å²) >= 11 is 0. The molecule has 1 aliphatic heterocycles. The number of hydrogen-bond donors (Lipinski definition) is 1. The minimum Gasteiger partial charge on any atom is -0.377 e. The lowest BCUT2D eigenvalue weighted by Gasteiger charge is -2.63. The number of ether oxygens (including phenoxy) is 1. The third kappa shape index (κ3) is 2.42. The maximum atomic E-state index is 6.04. The Morgan fingerprint density at radius 1 is 1.54 bits per heavy atom. The van der Waals surface area contributed by atoms with Crippen LogP contribution in [0.5, 0.6) is 0 Å². The van der Waals surface area contributed by atoms with Gasteiger partial charge in [0.25, 0.3) is 0 Å². The number of nitrogens with one attached hydrogen (secondary N) is 1. The Morgan fingerprint density at radius 3 is 3.00 bits per heavy atom. The largest absolute Gasteiger partial charge is 0.377 e. The molecule has 3 aliphatic rings. The van der Waals surface area contributed by atoms with Crippen molar-refractivity contribution in [1.82, 2.24) is 20.0 Å². The summed E-state index contributed by atoms with van der Waals surface area (Å²) < 4.78 is 7.89. The van der Waals surface area contributed by atoms with E-state index < -0.39 is 0 Å². The maximum absolute atomic E-state index is 6.04. The number of rotatable bonds is 4. The quantitative estimate of drug-likeness (QED) is 0.675. The third-order valence-electron chi connectivity index (χ3n) is 6.17. The molecule has 2 saturated carbocycles. The van der Waals surface area contributed by atoms with Gasteiger partial charge in [-0.15, -0.1) is 0 Å². The zero-order chi connectivity index (χ0) is 16.7. The van der Waals surface area contributed by atoms with Gasteiger partial charge in [0.15, 0.2) is 5.96 Å². The summed E-state index contributed by atoms with van der Waals surface area (Å²) in [5.41, 5.74) is 1.59. The Bertz CT molecular complexity index is 621. The molecule has 6 nitrogen and oxygen atoms in total. The Balaban J connectivity index is 1.46. The van der Waals surface area contributed by atoms with E-state index in [0.717, 1.165) is 25.7 Å². The molecule has 0 amide bonds. The van der Waals surface area contributed by atoms with Crippen LogP contribution in [0.4, 0.5) is 0 Å². The molecular formula is C18H29N5O. The molecule has 132 valence electrons. The van der Waals surface area contributed by atoms with Crippen LogP contribution in [0.2, 0.25) is 0 Å². The summed E-state index contributed by atoms with van der Waals surface area (Å²) in [7, 11) is 4.07. The Labute approximate surface area is 144 Å². The second kappa shape index (κ2) is 6.06. The van der Waals surface area contributed by atoms with Gasteiger partial charge >= 0.3 is 0 Å². The molecule has 1 spiro atoms. The van der Waals surface area contributed by atoms with Crippen LogP contribution in [0.15, 0.2) is 17.4 Å². The predicted molar refractivity (Wildman–Crippen MR) is 93.7 cm³/mol. The minimum atomic E-state index is 0.380. The standard InChI is InChI=1S/C18H29N5O/c1-4-19-17(22(2)11-13-10-20-23(3)12-13)21-15-14-6-9-24-16(14)18(15)7-5-8-18/h10,12,14-16H,4-9,11H2,1-3H3,(H,19,21). The van der Waals surface area contributed by atoms with Gasteiger partial charge in [-0.1, -0.05) is 6.42 Å². The average molecular weight is 331 g/mol. The van der Waals surface area contributed by atoms with Gasteiger partial charge in [-0.2, -0.15) is 5.10 Å². The molecular weight excluding hydrogens is 302 g/mol. The summed E-state index contributed by atoms with van der Waals surface area (Å²) in [6.07, 6.45) is 9.63. The van der Waals surface area contributed by atoms with Crippen LogP contribution in [0.1, 0.15) is 38.2 Å². The summed E-state index contributed by atoms with van der Waals surface area (Å²) in [6.45, 7) is 4.65. The highest BCUT2D eigenvalue weighted by Crippen LogP contribution is 2.62. The lowest BCUT2D eigenvalue weighted by molar-refractivity contribution is -0.171. The maximum Gasteiger partial charge on any atom is 0.194 e. The van der Waals surface area contributed by atoms with E-state index in [9.17, 15) is 0 Å². The van der Waals surface area contributed by atoms with Crippen LogP contribution >= 0.6 is 0 Å². The van der Waals surface area contributed by atoms with Crippen molar-refractivity contribution in [3.05, 3.63) is 18.0 Å². The Kier molecular flexibility index (Phi) is 4.03. The highest BCUT2D eigenvalue weighted by Gasteiger charge is 2.66. The van der Waals surface area contributed by atoms with Crippen molar-refractivity contribution in [2.45, 2.75) is 51.3 Å². The van der Waals surface area contributed by atoms with Crippen LogP contribution < -0.4 is 5.32 Å². The molecule has 24 heavy (non-hydrogen) atoms. The molecule has 3 unspecified atom stereocenters. The van der Waals surface area contributed by atoms with Crippen molar-refractivity contribution >= 4 is 5.96 Å². The van der Waals surface area contributed by atoms with E-state index >= 15 is 0 Å². The number of fused-ring (bicyclic) bond motifs is 2. The lowest BCUT2D eigenvalue weighted by atomic mass is 9.46. The summed E-state index contributed by atoms with van der Waals surface area (Å²) in [4.78, 5) is 6.97. The van der Waals surface area contributed by atoms with Gasteiger partial charge in [-0.25, -0.2) is 0 Å². The van der Waals surface area contributed by atoms with Crippen LogP contribution in [-0.2, 0) is 18.3 Å². The highest BCUT2D eigenvalue weighted by atomic mass is 16.5. The first kappa shape index (κ1) is 15.9. The lowest BCUT2D eigenvalue weighted by Crippen LogP contribution is -2.72. The van der Waals surface area contributed by atoms with Gasteiger partial charge < -0.3 is 15.0 Å². The topological polar surface area (TPSA) is 54.7 Å². The van der Waals surface area contributed by atoms with E-state index in [1.807, 2.05) is 17.9 Å². The van der Waals surface area contributed by atoms with Gasteiger partial charge in [0.2, 0.25) is 0 Å². The molecule has 0 radical (unpaired) electrons. The number of aliphatic imine (C=N–C) groups is 1. The summed E-state index contributed by atoms with van der Waals surface area (Å²) in [5.74, 6) is 1.68. The van der Waals surface area contributed by atoms with Crippen LogP contribution in [0.3, 0.4) is 0 Å². The molecule has 0 bridgehead atoms. The molecule has 3 fully saturated rings. The van der Waals surface area contributed by atoms with Gasteiger partial charge in [0.05, 0.1) is 12.3 Å². The number of guanidine groups is 1. The summed E-state index contributed by atoms with van der Waals surface area (Å²) in [5, 5.41) is 8.08. The van der Waals surface area contributed by atoms with Gasteiger partial charge in [-0.3, -0.25) is 9.67 Å². The van der Waals surface area contributed by atoms with Crippen molar-refractivity contribution in [3.8, 4) is 0 Å². The highest BCUT2D eigenvalue weighted by molar-refractivity contribution is 5.80. The fourth-order valence-corrected chi connectivity index (χ4v) is 4.92. The number of hydrogen-bond acceptors (Lipinski definition) is 3. The molecule has 6 heteroatoms. The van der Waals surface area contributed by atoms with Crippen molar-refractivity contribution < 1.29 is 4.74 Å². The first-order chi connectivity index (χ1) is 11.6. The molecule has 4 rings (SSSR count). The first-order valence-electron chi connectivity index (χ1n) is 9.25. The molecule has 1 N–H and O–H groups in total. The molecule has 3 atom stereocenters. The Morgan fingerprint density at radius 2 is 2.38 bits per heavy atom. The van der Waals surface area contributed by atoms with Crippen molar-refractivity contribution in [2.75, 3.05) is 20.2 Å². The molecule has 0 aromatic carbocycles. The average Bonchev–Trinajstić information content (AvgIpc) is 3.09. The van der Waals surface area contributed by atoms with E-state index in [-0.39, 0.29) is 0 Å². The van der Waals surface area contributed by atoms with E-state index in [0.29, 0.717) is 23.5 Å². The normalized spacial score (nSPS) is 30.6. The van der Waals surface area contributed by atoms with Crippen LogP contribution in [0, 0.1) is 11.3 Å². The van der Waals surface area contributed by atoms with E-state index in [1.54, 1.807) is 0 Å². The zero-order valence-electron chi connectivity index (χ0n) is 15.0. The molecule has 2 heterocycles. The smallest absolute Gasteiger partial charge is 0.194 e. The predicted octanol–water partition coefficient (Wildman–Crippen LogP) is 1.77. The third-order valence-corrected chi connectivity index (χ3v) is 6.17. The first-order valence-corrected chi connectivity index (χ1v) is 9.25. The zero-order valence-corrected chi connectivity index (χ0v) is 15.0. The van der Waals surface area contributed by atoms with E-state index in [4.69, 9.17) is 9.73 Å². The second-order valence-electron chi connectivity index (χ2n) is 7.63. The number of aryl methyl sites for hydroxylation is 1. The molecule has 1 saturated heterocycles. The van der Waals surface area contributed by atoms with E-state index in [1.165, 1.54) is 31.2 Å². The SMILES string of the molecule is CCN=C(NC1C2CCOC2C12CCC2)N(C)Cc1cnn(C)c1. The summed E-state index contributed by atoms with van der Waals surface area (Å²) in [6, 6.07) is 0.528. The van der Waals surface area contributed by atoms with Gasteiger partial charge in [-0.05, 0) is 26.2 Å². The number of aromatic nitrogens is 2. The van der Waals surface area contributed by atoms with Gasteiger partial charge in [0, 0.05) is 62.9 Å². The Hall–Kier alpha value is -1.56. The van der Waals surface area contributed by atoms with Crippen LogP contribution in [-0.4, -0.2) is 53.0 Å². The van der Waals surface area contributed by atoms with Crippen molar-refractivity contribution in [3.63, 3.8) is 0 Å². The fourth-order valence-electron chi connectivity index (χ4n) is 4.92. The molecule has 2 aliphatic carbocycles. The number of nitrogens with zero attached hydrogens (tertiary/aromatic N) is 4. The van der Waals surface area contributed by atoms with Crippen molar-refractivity contribution in [2.24, 2.45) is 23.4 Å². The van der Waals surface area contributed by atoms with Gasteiger partial charge in [0.1, 0.15) is 0 Å². The van der Waals surface area contributed by atoms with Crippen molar-refractivity contribution in [1.29, 1.82) is 0 Å². The molecule has 1 aromatic heterocycles. The monoisotopic (exact) mass is 331 g/mol. The fraction of sp³-hybridized carbons (Fsp3) is 0.778. The minimum absolute atomic E-state index is 0.380. The van der Waals surface area contributed by atoms with Crippen LogP contribution in [0.25, 0.3) is 0 Å². The second-order valence-corrected chi connectivity index (χ2v) is 7.63. The molecule has 1 aromatic rings.